The number of hydrogen-bond donors (Lipinski definition) is 1. The molecular weight excluding hydrogens is 224 g/mol. The zero-order chi connectivity index (χ0) is 13.0. The molecule has 0 aliphatic carbocycles. The molecule has 96 valence electrons. The Bertz CT molecular complexity index is 502. The van der Waals surface area contributed by atoms with Crippen molar-refractivity contribution >= 4 is 11.5 Å². The highest BCUT2D eigenvalue weighted by Gasteiger charge is 2.04. The summed E-state index contributed by atoms with van der Waals surface area (Å²) in [6.07, 6.45) is 6.08. The molecule has 0 saturated carbocycles. The molecular formula is C14H20N4. The molecule has 1 N–H and O–H groups in total. The zero-order valence-corrected chi connectivity index (χ0v) is 11.2. The van der Waals surface area contributed by atoms with Crippen LogP contribution in [0.2, 0.25) is 0 Å². The Labute approximate surface area is 108 Å². The Balaban J connectivity index is 2.05. The van der Waals surface area contributed by atoms with Gasteiger partial charge < -0.3 is 14.8 Å². The van der Waals surface area contributed by atoms with Crippen LogP contribution in [0, 0.1) is 0 Å². The summed E-state index contributed by atoms with van der Waals surface area (Å²) in [5.74, 6) is 0.965. The van der Waals surface area contributed by atoms with E-state index >= 15 is 0 Å². The molecule has 0 fully saturated rings. The molecule has 0 aliphatic rings. The van der Waals surface area contributed by atoms with Gasteiger partial charge in [0.2, 0.25) is 0 Å². The third-order valence-corrected chi connectivity index (χ3v) is 2.87. The zero-order valence-electron chi connectivity index (χ0n) is 11.2. The quantitative estimate of drug-likeness (QED) is 0.877. The molecule has 2 heterocycles. The Hall–Kier alpha value is -1.97. The minimum Gasteiger partial charge on any atom is -0.378 e. The fourth-order valence-electron chi connectivity index (χ4n) is 1.88. The fourth-order valence-corrected chi connectivity index (χ4v) is 1.88. The van der Waals surface area contributed by atoms with Crippen LogP contribution in [-0.2, 0) is 13.1 Å². The van der Waals surface area contributed by atoms with Gasteiger partial charge in [0.1, 0.15) is 0 Å². The van der Waals surface area contributed by atoms with Gasteiger partial charge >= 0.3 is 0 Å². The lowest BCUT2D eigenvalue weighted by Crippen LogP contribution is -2.13. The second-order valence-electron chi connectivity index (χ2n) is 4.47. The van der Waals surface area contributed by atoms with Crippen molar-refractivity contribution in [1.82, 2.24) is 9.55 Å². The second kappa shape index (κ2) is 5.58. The lowest BCUT2D eigenvalue weighted by atomic mass is 10.3. The van der Waals surface area contributed by atoms with Crippen molar-refractivity contribution in [1.29, 1.82) is 0 Å². The van der Waals surface area contributed by atoms with Crippen molar-refractivity contribution in [3.63, 3.8) is 0 Å². The summed E-state index contributed by atoms with van der Waals surface area (Å²) in [5, 5.41) is 3.43. The van der Waals surface area contributed by atoms with Crippen molar-refractivity contribution in [3.05, 3.63) is 42.4 Å². The summed E-state index contributed by atoms with van der Waals surface area (Å²) < 4.78 is 2.17. The number of anilines is 2. The molecule has 0 radical (unpaired) electrons. The van der Waals surface area contributed by atoms with E-state index in [2.05, 4.69) is 46.3 Å². The maximum Gasteiger partial charge on any atom is 0.151 e. The van der Waals surface area contributed by atoms with Crippen LogP contribution in [0.1, 0.15) is 12.5 Å². The van der Waals surface area contributed by atoms with E-state index in [-0.39, 0.29) is 0 Å². The monoisotopic (exact) mass is 244 g/mol. The third-order valence-electron chi connectivity index (χ3n) is 2.87. The first-order chi connectivity index (χ1) is 8.70. The van der Waals surface area contributed by atoms with E-state index in [1.54, 1.807) is 0 Å². The van der Waals surface area contributed by atoms with Crippen LogP contribution in [0.15, 0.2) is 36.8 Å². The van der Waals surface area contributed by atoms with E-state index in [0.29, 0.717) is 0 Å². The van der Waals surface area contributed by atoms with Gasteiger partial charge in [0, 0.05) is 45.8 Å². The molecule has 0 spiro atoms. The normalized spacial score (nSPS) is 10.4. The van der Waals surface area contributed by atoms with Crippen molar-refractivity contribution in [2.75, 3.05) is 24.3 Å². The highest BCUT2D eigenvalue weighted by atomic mass is 15.2. The Kier molecular flexibility index (Phi) is 3.87. The van der Waals surface area contributed by atoms with E-state index in [1.807, 2.05) is 31.3 Å². The summed E-state index contributed by atoms with van der Waals surface area (Å²) >= 11 is 0. The highest BCUT2D eigenvalue weighted by Crippen LogP contribution is 2.21. The van der Waals surface area contributed by atoms with Gasteiger partial charge in [0.05, 0.1) is 5.69 Å². The number of pyridine rings is 1. The van der Waals surface area contributed by atoms with Crippen molar-refractivity contribution in [2.45, 2.75) is 20.0 Å². The molecule has 2 rings (SSSR count). The van der Waals surface area contributed by atoms with Gasteiger partial charge in [0.25, 0.3) is 0 Å². The third kappa shape index (κ3) is 2.83. The predicted molar refractivity (Wildman–Crippen MR) is 76.0 cm³/mol. The minimum atomic E-state index is 0.819. The van der Waals surface area contributed by atoms with Gasteiger partial charge in [0.15, 0.2) is 5.82 Å². The summed E-state index contributed by atoms with van der Waals surface area (Å²) in [6.45, 7) is 3.97. The molecule has 0 atom stereocenters. The van der Waals surface area contributed by atoms with Crippen molar-refractivity contribution in [2.24, 2.45) is 0 Å². The van der Waals surface area contributed by atoms with Crippen LogP contribution in [0.5, 0.6) is 0 Å². The fraction of sp³-hybridized carbons (Fsp3) is 0.357. The van der Waals surface area contributed by atoms with Gasteiger partial charge in [-0.2, -0.15) is 0 Å². The smallest absolute Gasteiger partial charge is 0.151 e. The number of aromatic nitrogens is 2. The summed E-state index contributed by atoms with van der Waals surface area (Å²) in [6, 6.07) is 6.15. The predicted octanol–water partition coefficient (Wildman–Crippen LogP) is 2.58. The molecule has 0 saturated heterocycles. The SMILES string of the molecule is CCn1ccc(CNc2cccnc2N(C)C)c1. The van der Waals surface area contributed by atoms with Gasteiger partial charge in [-0.15, -0.1) is 0 Å². The summed E-state index contributed by atoms with van der Waals surface area (Å²) in [7, 11) is 4.00. The van der Waals surface area contributed by atoms with Gasteiger partial charge in [-0.25, -0.2) is 4.98 Å². The molecule has 0 unspecified atom stereocenters. The number of aryl methyl sites for hydroxylation is 1. The van der Waals surface area contributed by atoms with Gasteiger partial charge in [-0.1, -0.05) is 0 Å². The summed E-state index contributed by atoms with van der Waals surface area (Å²) in [4.78, 5) is 6.38. The molecule has 2 aromatic heterocycles. The number of nitrogens with zero attached hydrogens (tertiary/aromatic N) is 3. The number of hydrogen-bond acceptors (Lipinski definition) is 3. The Morgan fingerprint density at radius 1 is 1.33 bits per heavy atom. The van der Waals surface area contributed by atoms with Crippen LogP contribution in [0.3, 0.4) is 0 Å². The molecule has 0 aliphatic heterocycles. The second-order valence-corrected chi connectivity index (χ2v) is 4.47. The first-order valence-corrected chi connectivity index (χ1v) is 6.21. The van der Waals surface area contributed by atoms with E-state index in [0.717, 1.165) is 24.6 Å². The molecule has 4 heteroatoms. The average Bonchev–Trinajstić information content (AvgIpc) is 2.84. The lowest BCUT2D eigenvalue weighted by Gasteiger charge is -2.16. The standard InChI is InChI=1S/C14H20N4/c1-4-18-9-7-12(11-18)10-16-13-6-5-8-15-14(13)17(2)3/h5-9,11,16H,4,10H2,1-3H3. The van der Waals surface area contributed by atoms with Crippen LogP contribution in [-0.4, -0.2) is 23.6 Å². The maximum atomic E-state index is 4.37. The molecule has 4 nitrogen and oxygen atoms in total. The largest absolute Gasteiger partial charge is 0.378 e. The topological polar surface area (TPSA) is 33.1 Å². The van der Waals surface area contributed by atoms with Gasteiger partial charge in [-0.3, -0.25) is 0 Å². The Morgan fingerprint density at radius 2 is 2.17 bits per heavy atom. The Morgan fingerprint density at radius 3 is 2.83 bits per heavy atom. The van der Waals surface area contributed by atoms with Crippen molar-refractivity contribution < 1.29 is 0 Å². The van der Waals surface area contributed by atoms with Gasteiger partial charge in [-0.05, 0) is 30.7 Å². The van der Waals surface area contributed by atoms with E-state index in [4.69, 9.17) is 0 Å². The minimum absolute atomic E-state index is 0.819. The molecule has 0 amide bonds. The van der Waals surface area contributed by atoms with Crippen LogP contribution in [0.25, 0.3) is 0 Å². The van der Waals surface area contributed by atoms with Crippen LogP contribution < -0.4 is 10.2 Å². The number of rotatable bonds is 5. The number of nitrogens with one attached hydrogen (secondary N) is 1. The summed E-state index contributed by atoms with van der Waals surface area (Å²) in [5.41, 5.74) is 2.34. The average molecular weight is 244 g/mol. The van der Waals surface area contributed by atoms with Crippen LogP contribution >= 0.6 is 0 Å². The molecule has 0 bridgehead atoms. The lowest BCUT2D eigenvalue weighted by molar-refractivity contribution is 0.766. The maximum absolute atomic E-state index is 4.37. The highest BCUT2D eigenvalue weighted by molar-refractivity contribution is 5.64. The first-order valence-electron chi connectivity index (χ1n) is 6.21. The van der Waals surface area contributed by atoms with Crippen LogP contribution in [0.4, 0.5) is 11.5 Å². The first kappa shape index (κ1) is 12.5. The molecule has 0 aromatic carbocycles. The van der Waals surface area contributed by atoms with E-state index in [1.165, 1.54) is 5.56 Å². The molecule has 2 aromatic rings. The van der Waals surface area contributed by atoms with E-state index < -0.39 is 0 Å². The van der Waals surface area contributed by atoms with Crippen molar-refractivity contribution in [3.8, 4) is 0 Å². The molecule has 18 heavy (non-hydrogen) atoms. The van der Waals surface area contributed by atoms with E-state index in [9.17, 15) is 0 Å².